The van der Waals surface area contributed by atoms with Crippen LogP contribution in [0.25, 0.3) is 0 Å². The summed E-state index contributed by atoms with van der Waals surface area (Å²) in [5.74, 6) is -2.24. The third kappa shape index (κ3) is 4.07. The number of amides is 1. The van der Waals surface area contributed by atoms with Gasteiger partial charge in [-0.1, -0.05) is 32.0 Å². The third-order valence-corrected chi connectivity index (χ3v) is 4.55. The predicted molar refractivity (Wildman–Crippen MR) is 81.3 cm³/mol. The number of carboxylic acid groups (broad SMARTS) is 1. The van der Waals surface area contributed by atoms with E-state index in [1.54, 1.807) is 19.9 Å². The number of benzene rings is 1. The lowest BCUT2D eigenvalue weighted by Gasteiger charge is -2.19. The highest BCUT2D eigenvalue weighted by Crippen LogP contribution is 2.32. The van der Waals surface area contributed by atoms with Crippen molar-refractivity contribution in [1.29, 1.82) is 0 Å². The summed E-state index contributed by atoms with van der Waals surface area (Å²) < 4.78 is 38.3. The lowest BCUT2D eigenvalue weighted by molar-refractivity contribution is -0.142. The van der Waals surface area contributed by atoms with E-state index in [-0.39, 0.29) is 30.7 Å². The number of carbonyl (C=O) groups is 2. The van der Waals surface area contributed by atoms with Crippen LogP contribution in [0.2, 0.25) is 0 Å². The summed E-state index contributed by atoms with van der Waals surface area (Å²) in [5.41, 5.74) is -0.291. The summed E-state index contributed by atoms with van der Waals surface area (Å²) in [6, 6.07) is 4.96. The molecule has 132 valence electrons. The van der Waals surface area contributed by atoms with Crippen LogP contribution in [-0.4, -0.2) is 35.0 Å². The number of likely N-dealkylation sites (tertiary alicyclic amines) is 1. The largest absolute Gasteiger partial charge is 0.481 e. The van der Waals surface area contributed by atoms with Gasteiger partial charge in [0.05, 0.1) is 11.5 Å². The number of carbonyl (C=O) groups excluding carboxylic acids is 1. The number of nitrogens with zero attached hydrogens (tertiary/aromatic N) is 1. The van der Waals surface area contributed by atoms with Crippen molar-refractivity contribution in [1.82, 2.24) is 4.90 Å². The molecule has 4 nitrogen and oxygen atoms in total. The SMILES string of the molecule is CC(CC(=O)N1C[C@@H](C)[C@H](C(=O)O)C1)c1cccc(C(F)(F)F)c1. The van der Waals surface area contributed by atoms with Gasteiger partial charge >= 0.3 is 12.1 Å². The van der Waals surface area contributed by atoms with Crippen LogP contribution in [0.1, 0.15) is 37.3 Å². The average Bonchev–Trinajstić information content (AvgIpc) is 2.88. The molecular weight excluding hydrogens is 323 g/mol. The highest BCUT2D eigenvalue weighted by Gasteiger charge is 2.37. The quantitative estimate of drug-likeness (QED) is 0.912. The zero-order chi connectivity index (χ0) is 18.1. The fourth-order valence-corrected chi connectivity index (χ4v) is 3.02. The van der Waals surface area contributed by atoms with E-state index in [0.717, 1.165) is 12.1 Å². The monoisotopic (exact) mass is 343 g/mol. The summed E-state index contributed by atoms with van der Waals surface area (Å²) in [6.07, 6.45) is -4.36. The summed E-state index contributed by atoms with van der Waals surface area (Å²) >= 11 is 0. The Balaban J connectivity index is 2.04. The zero-order valence-corrected chi connectivity index (χ0v) is 13.5. The van der Waals surface area contributed by atoms with Crippen LogP contribution >= 0.6 is 0 Å². The molecule has 0 aliphatic carbocycles. The topological polar surface area (TPSA) is 57.6 Å². The summed E-state index contributed by atoms with van der Waals surface area (Å²) in [6.45, 7) is 4.00. The van der Waals surface area contributed by atoms with Crippen molar-refractivity contribution in [3.05, 3.63) is 35.4 Å². The maximum atomic E-state index is 12.8. The van der Waals surface area contributed by atoms with Crippen LogP contribution < -0.4 is 0 Å². The van der Waals surface area contributed by atoms with E-state index in [2.05, 4.69) is 0 Å². The molecule has 1 amide bonds. The molecule has 0 radical (unpaired) electrons. The Morgan fingerprint density at radius 1 is 1.33 bits per heavy atom. The number of hydrogen-bond acceptors (Lipinski definition) is 2. The standard InChI is InChI=1S/C17H20F3NO3/c1-10(12-4-3-5-13(7-12)17(18,19)20)6-15(22)21-8-11(2)14(9-21)16(23)24/h3-5,7,10-11,14H,6,8-9H2,1-2H3,(H,23,24)/t10?,11-,14-/m1/s1. The molecular formula is C17H20F3NO3. The Kier molecular flexibility index (Phi) is 5.20. The van der Waals surface area contributed by atoms with Crippen molar-refractivity contribution in [2.75, 3.05) is 13.1 Å². The van der Waals surface area contributed by atoms with Crippen LogP contribution in [0.4, 0.5) is 13.2 Å². The molecule has 1 aliphatic rings. The van der Waals surface area contributed by atoms with Crippen molar-refractivity contribution in [3.8, 4) is 0 Å². The van der Waals surface area contributed by atoms with E-state index in [0.29, 0.717) is 12.1 Å². The lowest BCUT2D eigenvalue weighted by Crippen LogP contribution is -2.30. The molecule has 1 unspecified atom stereocenters. The molecule has 0 bridgehead atoms. The molecule has 0 spiro atoms. The first-order valence-corrected chi connectivity index (χ1v) is 7.77. The Morgan fingerprint density at radius 2 is 2.00 bits per heavy atom. The Morgan fingerprint density at radius 3 is 2.54 bits per heavy atom. The highest BCUT2D eigenvalue weighted by molar-refractivity contribution is 5.79. The first-order valence-electron chi connectivity index (χ1n) is 7.77. The molecule has 1 heterocycles. The first-order chi connectivity index (χ1) is 11.1. The smallest absolute Gasteiger partial charge is 0.416 e. The van der Waals surface area contributed by atoms with Crippen molar-refractivity contribution in [2.24, 2.45) is 11.8 Å². The summed E-state index contributed by atoms with van der Waals surface area (Å²) in [5, 5.41) is 9.11. The van der Waals surface area contributed by atoms with Gasteiger partial charge in [-0.2, -0.15) is 13.2 Å². The second-order valence-electron chi connectivity index (χ2n) is 6.45. The molecule has 1 saturated heterocycles. The van der Waals surface area contributed by atoms with Gasteiger partial charge in [0, 0.05) is 19.5 Å². The molecule has 1 N–H and O–H groups in total. The van der Waals surface area contributed by atoms with E-state index < -0.39 is 23.6 Å². The average molecular weight is 343 g/mol. The maximum absolute atomic E-state index is 12.8. The highest BCUT2D eigenvalue weighted by atomic mass is 19.4. The molecule has 0 aromatic heterocycles. The second kappa shape index (κ2) is 6.83. The van der Waals surface area contributed by atoms with E-state index in [1.165, 1.54) is 11.0 Å². The van der Waals surface area contributed by atoms with Gasteiger partial charge in [0.25, 0.3) is 0 Å². The molecule has 3 atom stereocenters. The number of aliphatic carboxylic acids is 1. The lowest BCUT2D eigenvalue weighted by atomic mass is 9.95. The molecule has 1 aliphatic heterocycles. The molecule has 2 rings (SSSR count). The zero-order valence-electron chi connectivity index (χ0n) is 13.5. The van der Waals surface area contributed by atoms with Crippen molar-refractivity contribution < 1.29 is 27.9 Å². The van der Waals surface area contributed by atoms with E-state index >= 15 is 0 Å². The molecule has 1 aromatic rings. The normalized spacial score (nSPS) is 22.5. The van der Waals surface area contributed by atoms with Gasteiger partial charge in [0.1, 0.15) is 0 Å². The number of alkyl halides is 3. The van der Waals surface area contributed by atoms with Crippen molar-refractivity contribution >= 4 is 11.9 Å². The van der Waals surface area contributed by atoms with Gasteiger partial charge in [-0.3, -0.25) is 9.59 Å². The maximum Gasteiger partial charge on any atom is 0.416 e. The number of halogens is 3. The Bertz CT molecular complexity index is 630. The van der Waals surface area contributed by atoms with Crippen molar-refractivity contribution in [2.45, 2.75) is 32.4 Å². The first kappa shape index (κ1) is 18.3. The minimum atomic E-state index is -4.42. The van der Waals surface area contributed by atoms with Gasteiger partial charge < -0.3 is 10.0 Å². The molecule has 24 heavy (non-hydrogen) atoms. The van der Waals surface area contributed by atoms with Gasteiger partial charge in [-0.25, -0.2) is 0 Å². The minimum absolute atomic E-state index is 0.0559. The van der Waals surface area contributed by atoms with Crippen LogP contribution in [-0.2, 0) is 15.8 Å². The molecule has 1 fully saturated rings. The second-order valence-corrected chi connectivity index (χ2v) is 6.45. The third-order valence-electron chi connectivity index (χ3n) is 4.55. The van der Waals surface area contributed by atoms with Gasteiger partial charge in [-0.05, 0) is 23.5 Å². The van der Waals surface area contributed by atoms with Crippen LogP contribution in [0.15, 0.2) is 24.3 Å². The van der Waals surface area contributed by atoms with E-state index in [4.69, 9.17) is 5.11 Å². The van der Waals surface area contributed by atoms with E-state index in [9.17, 15) is 22.8 Å². The predicted octanol–water partition coefficient (Wildman–Crippen LogP) is 3.38. The summed E-state index contributed by atoms with van der Waals surface area (Å²) in [7, 11) is 0. The number of rotatable bonds is 4. The fraction of sp³-hybridized carbons (Fsp3) is 0.529. The Hall–Kier alpha value is -2.05. The number of carboxylic acids is 1. The van der Waals surface area contributed by atoms with Gasteiger partial charge in [0.2, 0.25) is 5.91 Å². The van der Waals surface area contributed by atoms with Gasteiger partial charge in [-0.15, -0.1) is 0 Å². The van der Waals surface area contributed by atoms with Crippen molar-refractivity contribution in [3.63, 3.8) is 0 Å². The van der Waals surface area contributed by atoms with E-state index in [1.807, 2.05) is 0 Å². The fourth-order valence-electron chi connectivity index (χ4n) is 3.02. The van der Waals surface area contributed by atoms with Crippen LogP contribution in [0, 0.1) is 11.8 Å². The molecule has 1 aromatic carbocycles. The van der Waals surface area contributed by atoms with Crippen LogP contribution in [0.5, 0.6) is 0 Å². The Labute approximate surface area is 138 Å². The minimum Gasteiger partial charge on any atom is -0.481 e. The molecule has 0 saturated carbocycles. The van der Waals surface area contributed by atoms with Crippen LogP contribution in [0.3, 0.4) is 0 Å². The number of hydrogen-bond donors (Lipinski definition) is 1. The van der Waals surface area contributed by atoms with Gasteiger partial charge in [0.15, 0.2) is 0 Å². The molecule has 7 heteroatoms. The summed E-state index contributed by atoms with van der Waals surface area (Å²) in [4.78, 5) is 24.9.